The average Bonchev–Trinajstić information content (AvgIpc) is 3.53. The van der Waals surface area contributed by atoms with Crippen LogP contribution in [0.4, 0.5) is 10.5 Å². The summed E-state index contributed by atoms with van der Waals surface area (Å²) in [5, 5.41) is 4.86. The third kappa shape index (κ3) is 6.05. The number of hydrogen-bond acceptors (Lipinski definition) is 6. The summed E-state index contributed by atoms with van der Waals surface area (Å²) in [5.74, 6) is 1.77. The first-order valence-corrected chi connectivity index (χ1v) is 12.2. The zero-order valence-corrected chi connectivity index (χ0v) is 20.8. The highest BCUT2D eigenvalue weighted by Crippen LogP contribution is 2.33. The molecule has 0 spiro atoms. The van der Waals surface area contributed by atoms with Crippen molar-refractivity contribution < 1.29 is 23.8 Å². The van der Waals surface area contributed by atoms with Crippen LogP contribution in [0.2, 0.25) is 0 Å². The van der Waals surface area contributed by atoms with E-state index in [1.165, 1.54) is 4.90 Å². The number of thiophene rings is 1. The van der Waals surface area contributed by atoms with Crippen molar-refractivity contribution in [1.82, 2.24) is 9.80 Å². The van der Waals surface area contributed by atoms with Gasteiger partial charge in [-0.1, -0.05) is 24.3 Å². The van der Waals surface area contributed by atoms with Gasteiger partial charge in [-0.2, -0.15) is 0 Å². The quantitative estimate of drug-likeness (QED) is 0.454. The first-order chi connectivity index (χ1) is 16.9. The zero-order chi connectivity index (χ0) is 24.8. The first kappa shape index (κ1) is 24.4. The summed E-state index contributed by atoms with van der Waals surface area (Å²) in [5.41, 5.74) is 1.47. The number of anilines is 1. The van der Waals surface area contributed by atoms with Gasteiger partial charge in [-0.3, -0.25) is 4.79 Å². The summed E-state index contributed by atoms with van der Waals surface area (Å²) < 4.78 is 16.2. The topological polar surface area (TPSA) is 80.3 Å². The lowest BCUT2D eigenvalue weighted by molar-refractivity contribution is -0.133. The Morgan fingerprint density at radius 2 is 1.86 bits per heavy atom. The van der Waals surface area contributed by atoms with Crippen LogP contribution in [0, 0.1) is 0 Å². The lowest BCUT2D eigenvalue weighted by atomic mass is 10.2. The van der Waals surface area contributed by atoms with E-state index in [2.05, 4.69) is 5.32 Å². The number of para-hydroxylation sites is 2. The minimum atomic E-state index is -0.364. The molecule has 3 amide bonds. The van der Waals surface area contributed by atoms with Crippen molar-refractivity contribution in [2.45, 2.75) is 33.0 Å². The maximum Gasteiger partial charge on any atom is 0.322 e. The Kier molecular flexibility index (Phi) is 7.77. The highest BCUT2D eigenvalue weighted by atomic mass is 32.1. The van der Waals surface area contributed by atoms with Crippen LogP contribution >= 0.6 is 11.3 Å². The smallest absolute Gasteiger partial charge is 0.322 e. The van der Waals surface area contributed by atoms with Gasteiger partial charge in [-0.25, -0.2) is 4.79 Å². The molecule has 8 nitrogen and oxygen atoms in total. The molecule has 3 aromatic rings. The van der Waals surface area contributed by atoms with Crippen molar-refractivity contribution in [2.24, 2.45) is 0 Å². The van der Waals surface area contributed by atoms with E-state index in [1.807, 2.05) is 61.7 Å². The van der Waals surface area contributed by atoms with Crippen LogP contribution in [0.25, 0.3) is 0 Å². The number of nitrogens with one attached hydrogen (secondary N) is 1. The number of ether oxygens (including phenoxy) is 3. The number of urea groups is 1. The molecule has 184 valence electrons. The Balaban J connectivity index is 1.50. The van der Waals surface area contributed by atoms with E-state index < -0.39 is 0 Å². The number of benzene rings is 2. The second-order valence-electron chi connectivity index (χ2n) is 8.37. The van der Waals surface area contributed by atoms with Crippen molar-refractivity contribution >= 4 is 29.0 Å². The minimum Gasteiger partial charge on any atom is -0.495 e. The molecule has 4 rings (SSSR count). The Bertz CT molecular complexity index is 1170. The molecule has 2 aromatic carbocycles. The Morgan fingerprint density at radius 3 is 2.60 bits per heavy atom. The summed E-state index contributed by atoms with van der Waals surface area (Å²) in [6.45, 7) is 4.74. The summed E-state index contributed by atoms with van der Waals surface area (Å²) in [6.07, 6.45) is 0. The Hall–Kier alpha value is -3.72. The lowest BCUT2D eigenvalue weighted by Crippen LogP contribution is -2.47. The fourth-order valence-corrected chi connectivity index (χ4v) is 4.47. The van der Waals surface area contributed by atoms with Gasteiger partial charge < -0.3 is 29.3 Å². The van der Waals surface area contributed by atoms with Crippen molar-refractivity contribution in [3.05, 3.63) is 70.4 Å². The number of fused-ring (bicyclic) bond motifs is 1. The van der Waals surface area contributed by atoms with Gasteiger partial charge >= 0.3 is 6.03 Å². The molecule has 1 aliphatic rings. The standard InChI is InChI=1S/C26H29N3O5S/c1-18(2)29(26(31)27-21-8-4-5-9-22(21)32-3)16-25(30)28(15-20-7-6-12-35-20)14-19-10-11-23-24(13-19)34-17-33-23/h4-13,18H,14-17H2,1-3H3,(H,27,31). The first-order valence-electron chi connectivity index (χ1n) is 11.3. The van der Waals surface area contributed by atoms with Gasteiger partial charge in [0.05, 0.1) is 19.3 Å². The van der Waals surface area contributed by atoms with Crippen LogP contribution in [0.5, 0.6) is 17.2 Å². The fraction of sp³-hybridized carbons (Fsp3) is 0.308. The predicted molar refractivity (Wildman–Crippen MR) is 135 cm³/mol. The van der Waals surface area contributed by atoms with Crippen LogP contribution in [-0.2, 0) is 17.9 Å². The van der Waals surface area contributed by atoms with E-state index in [-0.39, 0.29) is 31.3 Å². The molecule has 0 aliphatic carbocycles. The predicted octanol–water partition coefficient (Wildman–Crippen LogP) is 4.96. The van der Waals surface area contributed by atoms with Crippen LogP contribution in [0.1, 0.15) is 24.3 Å². The number of amides is 3. The highest BCUT2D eigenvalue weighted by Gasteiger charge is 2.25. The van der Waals surface area contributed by atoms with Gasteiger partial charge in [0.15, 0.2) is 11.5 Å². The Morgan fingerprint density at radius 1 is 1.06 bits per heavy atom. The maximum atomic E-state index is 13.5. The number of rotatable bonds is 9. The number of hydrogen-bond donors (Lipinski definition) is 1. The molecule has 0 fully saturated rings. The van der Waals surface area contributed by atoms with Gasteiger partial charge in [-0.05, 0) is 55.1 Å². The van der Waals surface area contributed by atoms with E-state index in [1.54, 1.807) is 35.5 Å². The third-order valence-electron chi connectivity index (χ3n) is 5.63. The average molecular weight is 496 g/mol. The van der Waals surface area contributed by atoms with E-state index in [0.29, 0.717) is 36.0 Å². The van der Waals surface area contributed by atoms with Crippen LogP contribution in [0.15, 0.2) is 60.0 Å². The molecule has 1 N–H and O–H groups in total. The number of carbonyl (C=O) groups excluding carboxylic acids is 2. The zero-order valence-electron chi connectivity index (χ0n) is 20.0. The molecule has 0 saturated heterocycles. The van der Waals surface area contributed by atoms with Gasteiger partial charge in [0.25, 0.3) is 0 Å². The van der Waals surface area contributed by atoms with Gasteiger partial charge in [0.1, 0.15) is 12.3 Å². The summed E-state index contributed by atoms with van der Waals surface area (Å²) >= 11 is 1.59. The van der Waals surface area contributed by atoms with Crippen LogP contribution < -0.4 is 19.5 Å². The highest BCUT2D eigenvalue weighted by molar-refractivity contribution is 7.09. The number of methoxy groups -OCH3 is 1. The summed E-state index contributed by atoms with van der Waals surface area (Å²) in [6, 6.07) is 16.3. The molecule has 0 saturated carbocycles. The van der Waals surface area contributed by atoms with E-state index in [9.17, 15) is 9.59 Å². The van der Waals surface area contributed by atoms with Crippen LogP contribution in [0.3, 0.4) is 0 Å². The van der Waals surface area contributed by atoms with E-state index in [4.69, 9.17) is 14.2 Å². The largest absolute Gasteiger partial charge is 0.495 e. The molecule has 2 heterocycles. The molecule has 0 unspecified atom stereocenters. The van der Waals surface area contributed by atoms with Crippen molar-refractivity contribution in [3.63, 3.8) is 0 Å². The van der Waals surface area contributed by atoms with Gasteiger partial charge in [0, 0.05) is 17.5 Å². The molecule has 1 aromatic heterocycles. The van der Waals surface area contributed by atoms with Crippen molar-refractivity contribution in [1.29, 1.82) is 0 Å². The normalized spacial score (nSPS) is 11.9. The van der Waals surface area contributed by atoms with E-state index >= 15 is 0 Å². The molecular weight excluding hydrogens is 466 g/mol. The van der Waals surface area contributed by atoms with Gasteiger partial charge in [-0.15, -0.1) is 11.3 Å². The molecule has 0 atom stereocenters. The van der Waals surface area contributed by atoms with E-state index in [0.717, 1.165) is 10.4 Å². The lowest BCUT2D eigenvalue weighted by Gasteiger charge is -2.30. The minimum absolute atomic E-state index is 0.0609. The SMILES string of the molecule is COc1ccccc1NC(=O)N(CC(=O)N(Cc1ccc2c(c1)OCO2)Cc1cccs1)C(C)C. The third-order valence-corrected chi connectivity index (χ3v) is 6.49. The second kappa shape index (κ2) is 11.1. The summed E-state index contributed by atoms with van der Waals surface area (Å²) in [4.78, 5) is 31.0. The molecule has 0 bridgehead atoms. The van der Waals surface area contributed by atoms with Crippen molar-refractivity contribution in [2.75, 3.05) is 25.8 Å². The fourth-order valence-electron chi connectivity index (χ4n) is 3.75. The maximum absolute atomic E-state index is 13.5. The monoisotopic (exact) mass is 495 g/mol. The number of carbonyl (C=O) groups is 2. The molecule has 35 heavy (non-hydrogen) atoms. The summed E-state index contributed by atoms with van der Waals surface area (Å²) in [7, 11) is 1.55. The molecule has 9 heteroatoms. The van der Waals surface area contributed by atoms with Crippen molar-refractivity contribution in [3.8, 4) is 17.2 Å². The molecule has 0 radical (unpaired) electrons. The Labute approximate surface area is 209 Å². The molecular formula is C26H29N3O5S. The molecule has 1 aliphatic heterocycles. The van der Waals surface area contributed by atoms with Crippen LogP contribution in [-0.4, -0.2) is 48.2 Å². The van der Waals surface area contributed by atoms with Gasteiger partial charge in [0.2, 0.25) is 12.7 Å². The number of nitrogens with zero attached hydrogens (tertiary/aromatic N) is 2. The second-order valence-corrected chi connectivity index (χ2v) is 9.40.